The van der Waals surface area contributed by atoms with Crippen LogP contribution in [0.1, 0.15) is 34.9 Å². The van der Waals surface area contributed by atoms with Crippen molar-refractivity contribution in [1.82, 2.24) is 15.1 Å². The fourth-order valence-electron chi connectivity index (χ4n) is 3.86. The zero-order valence-corrected chi connectivity index (χ0v) is 17.7. The highest BCUT2D eigenvalue weighted by Crippen LogP contribution is 2.27. The molecule has 1 N–H and O–H groups in total. The molecule has 6 nitrogen and oxygen atoms in total. The van der Waals surface area contributed by atoms with E-state index in [2.05, 4.69) is 10.2 Å². The molecule has 162 valence electrons. The second-order valence-electron chi connectivity index (χ2n) is 7.87. The number of aromatic amines is 1. The van der Waals surface area contributed by atoms with Gasteiger partial charge < -0.3 is 14.4 Å². The number of H-pyrrole nitrogens is 1. The molecule has 3 aromatic rings. The summed E-state index contributed by atoms with van der Waals surface area (Å²) in [6.07, 6.45) is 0.841. The maximum atomic E-state index is 13.7. The summed E-state index contributed by atoms with van der Waals surface area (Å²) >= 11 is 0. The first kappa shape index (κ1) is 20.9. The van der Waals surface area contributed by atoms with Gasteiger partial charge in [-0.2, -0.15) is 5.10 Å². The van der Waals surface area contributed by atoms with Crippen molar-refractivity contribution in [2.45, 2.75) is 32.8 Å². The summed E-state index contributed by atoms with van der Waals surface area (Å²) in [4.78, 5) is 14.5. The zero-order valence-electron chi connectivity index (χ0n) is 17.7. The number of rotatable bonds is 7. The second kappa shape index (κ2) is 9.20. The average Bonchev–Trinajstić information content (AvgIpc) is 3.42. The van der Waals surface area contributed by atoms with Crippen molar-refractivity contribution in [2.24, 2.45) is 0 Å². The van der Waals surface area contributed by atoms with Crippen molar-refractivity contribution in [3.05, 3.63) is 76.9 Å². The number of benzene rings is 2. The van der Waals surface area contributed by atoms with Gasteiger partial charge in [0.25, 0.3) is 5.91 Å². The number of carbonyl (C=O) groups excluding carboxylic acids is 1. The standard InChI is InChI=1S/C24H26FN3O3/c1-16-6-5-7-17(2)24(16)31-15-23(29)28-11-10-18(13-28)21-12-19(26-27-21)14-30-22-9-4-3-8-20(22)25/h3-9,12,18H,10-11,13-15H2,1-2H3,(H,26,27)/t18-/m1/s1. The minimum atomic E-state index is -0.393. The molecule has 1 fully saturated rings. The summed E-state index contributed by atoms with van der Waals surface area (Å²) in [5.41, 5.74) is 3.70. The number of hydrogen-bond donors (Lipinski definition) is 1. The highest BCUT2D eigenvalue weighted by molar-refractivity contribution is 5.78. The molecule has 1 saturated heterocycles. The Bertz CT molecular complexity index is 1050. The molecule has 31 heavy (non-hydrogen) atoms. The summed E-state index contributed by atoms with van der Waals surface area (Å²) in [7, 11) is 0. The number of aryl methyl sites for hydroxylation is 2. The Morgan fingerprint density at radius 3 is 2.71 bits per heavy atom. The Morgan fingerprint density at radius 2 is 1.94 bits per heavy atom. The Balaban J connectivity index is 1.29. The van der Waals surface area contributed by atoms with Crippen LogP contribution < -0.4 is 9.47 Å². The second-order valence-corrected chi connectivity index (χ2v) is 7.87. The lowest BCUT2D eigenvalue weighted by molar-refractivity contribution is -0.132. The minimum Gasteiger partial charge on any atom is -0.484 e. The normalized spacial score (nSPS) is 15.8. The fourth-order valence-corrected chi connectivity index (χ4v) is 3.86. The summed E-state index contributed by atoms with van der Waals surface area (Å²) in [5.74, 6) is 0.722. The van der Waals surface area contributed by atoms with Gasteiger partial charge in [0.15, 0.2) is 18.2 Å². The largest absolute Gasteiger partial charge is 0.484 e. The highest BCUT2D eigenvalue weighted by atomic mass is 19.1. The molecule has 1 aromatic heterocycles. The molecule has 1 aliphatic heterocycles. The van der Waals surface area contributed by atoms with Gasteiger partial charge in [-0.3, -0.25) is 9.89 Å². The lowest BCUT2D eigenvalue weighted by Crippen LogP contribution is -2.33. The molecular formula is C24H26FN3O3. The van der Waals surface area contributed by atoms with Crippen LogP contribution in [-0.2, 0) is 11.4 Å². The van der Waals surface area contributed by atoms with Gasteiger partial charge in [0, 0.05) is 19.0 Å². The molecule has 0 aliphatic carbocycles. The maximum absolute atomic E-state index is 13.7. The molecule has 1 atom stereocenters. The molecule has 0 spiro atoms. The molecule has 2 aromatic carbocycles. The van der Waals surface area contributed by atoms with E-state index in [1.54, 1.807) is 18.2 Å². The minimum absolute atomic E-state index is 0.0243. The number of para-hydroxylation sites is 2. The van der Waals surface area contributed by atoms with Crippen LogP contribution in [0.5, 0.6) is 11.5 Å². The Hall–Kier alpha value is -3.35. The SMILES string of the molecule is Cc1cccc(C)c1OCC(=O)N1CC[C@@H](c2cc(COc3ccccc3F)[nH]n2)C1. The topological polar surface area (TPSA) is 67.4 Å². The third kappa shape index (κ3) is 4.87. The zero-order chi connectivity index (χ0) is 21.8. The molecule has 0 saturated carbocycles. The van der Waals surface area contributed by atoms with E-state index in [1.165, 1.54) is 6.07 Å². The van der Waals surface area contributed by atoms with Crippen molar-refractivity contribution in [3.8, 4) is 11.5 Å². The molecule has 2 heterocycles. The smallest absolute Gasteiger partial charge is 0.260 e. The Labute approximate surface area is 181 Å². The van der Waals surface area contributed by atoms with E-state index in [9.17, 15) is 9.18 Å². The van der Waals surface area contributed by atoms with Crippen LogP contribution in [0, 0.1) is 19.7 Å². The van der Waals surface area contributed by atoms with E-state index in [0.717, 1.165) is 34.7 Å². The lowest BCUT2D eigenvalue weighted by Gasteiger charge is -2.18. The van der Waals surface area contributed by atoms with E-state index >= 15 is 0 Å². The third-order valence-corrected chi connectivity index (χ3v) is 5.58. The molecule has 4 rings (SSSR count). The van der Waals surface area contributed by atoms with Crippen molar-refractivity contribution in [1.29, 1.82) is 0 Å². The number of nitrogens with one attached hydrogen (secondary N) is 1. The van der Waals surface area contributed by atoms with Crippen LogP contribution in [-0.4, -0.2) is 40.7 Å². The van der Waals surface area contributed by atoms with Gasteiger partial charge in [0.1, 0.15) is 12.4 Å². The Morgan fingerprint density at radius 1 is 1.16 bits per heavy atom. The number of likely N-dealkylation sites (tertiary alicyclic amines) is 1. The van der Waals surface area contributed by atoms with E-state index in [4.69, 9.17) is 9.47 Å². The van der Waals surface area contributed by atoms with E-state index < -0.39 is 5.82 Å². The van der Waals surface area contributed by atoms with E-state index in [1.807, 2.05) is 43.0 Å². The number of aromatic nitrogens is 2. The summed E-state index contributed by atoms with van der Waals surface area (Å²) in [5, 5.41) is 7.33. The number of halogens is 1. The summed E-state index contributed by atoms with van der Waals surface area (Å²) < 4.78 is 25.0. The number of nitrogens with zero attached hydrogens (tertiary/aromatic N) is 2. The van der Waals surface area contributed by atoms with Gasteiger partial charge >= 0.3 is 0 Å². The average molecular weight is 423 g/mol. The predicted octanol–water partition coefficient (Wildman–Crippen LogP) is 4.14. The van der Waals surface area contributed by atoms with Crippen LogP contribution in [0.4, 0.5) is 4.39 Å². The number of hydrogen-bond acceptors (Lipinski definition) is 4. The number of ether oxygens (including phenoxy) is 2. The lowest BCUT2D eigenvalue weighted by atomic mass is 10.1. The molecular weight excluding hydrogens is 397 g/mol. The van der Waals surface area contributed by atoms with E-state index in [-0.39, 0.29) is 30.8 Å². The highest BCUT2D eigenvalue weighted by Gasteiger charge is 2.29. The summed E-state index contributed by atoms with van der Waals surface area (Å²) in [6, 6.07) is 14.2. The predicted molar refractivity (Wildman–Crippen MR) is 115 cm³/mol. The van der Waals surface area contributed by atoms with Crippen molar-refractivity contribution < 1.29 is 18.7 Å². The van der Waals surface area contributed by atoms with Crippen molar-refractivity contribution >= 4 is 5.91 Å². The van der Waals surface area contributed by atoms with Crippen LogP contribution in [0.15, 0.2) is 48.5 Å². The summed E-state index contributed by atoms with van der Waals surface area (Å²) in [6.45, 7) is 5.46. The number of carbonyl (C=O) groups is 1. The van der Waals surface area contributed by atoms with Gasteiger partial charge in [-0.25, -0.2) is 4.39 Å². The van der Waals surface area contributed by atoms with Crippen LogP contribution in [0.2, 0.25) is 0 Å². The first-order chi connectivity index (χ1) is 15.0. The van der Waals surface area contributed by atoms with Crippen LogP contribution in [0.25, 0.3) is 0 Å². The van der Waals surface area contributed by atoms with Gasteiger partial charge in [-0.1, -0.05) is 30.3 Å². The maximum Gasteiger partial charge on any atom is 0.260 e. The quantitative estimate of drug-likeness (QED) is 0.620. The van der Waals surface area contributed by atoms with Crippen LogP contribution >= 0.6 is 0 Å². The van der Waals surface area contributed by atoms with Crippen LogP contribution in [0.3, 0.4) is 0 Å². The van der Waals surface area contributed by atoms with Gasteiger partial charge in [-0.05, 0) is 49.6 Å². The first-order valence-corrected chi connectivity index (χ1v) is 10.4. The molecule has 0 unspecified atom stereocenters. The molecule has 0 radical (unpaired) electrons. The Kier molecular flexibility index (Phi) is 6.21. The molecule has 1 amide bonds. The molecule has 1 aliphatic rings. The molecule has 0 bridgehead atoms. The number of amides is 1. The molecule has 7 heteroatoms. The van der Waals surface area contributed by atoms with E-state index in [0.29, 0.717) is 13.1 Å². The van der Waals surface area contributed by atoms with Crippen molar-refractivity contribution in [2.75, 3.05) is 19.7 Å². The monoisotopic (exact) mass is 423 g/mol. The fraction of sp³-hybridized carbons (Fsp3) is 0.333. The van der Waals surface area contributed by atoms with Gasteiger partial charge in [-0.15, -0.1) is 0 Å². The first-order valence-electron chi connectivity index (χ1n) is 10.4. The van der Waals surface area contributed by atoms with Gasteiger partial charge in [0.2, 0.25) is 0 Å². The van der Waals surface area contributed by atoms with Crippen molar-refractivity contribution in [3.63, 3.8) is 0 Å². The third-order valence-electron chi connectivity index (χ3n) is 5.58. The van der Waals surface area contributed by atoms with Gasteiger partial charge in [0.05, 0.1) is 11.4 Å².